The first-order valence-electron chi connectivity index (χ1n) is 7.24. The van der Waals surface area contributed by atoms with Crippen molar-refractivity contribution in [2.45, 2.75) is 72.4 Å². The molecule has 1 aliphatic carbocycles. The third kappa shape index (κ3) is 6.42. The number of ether oxygens (including phenoxy) is 1. The number of nitrogens with one attached hydrogen (secondary N) is 1. The van der Waals surface area contributed by atoms with E-state index in [9.17, 15) is 0 Å². The van der Waals surface area contributed by atoms with Crippen LogP contribution in [0.3, 0.4) is 0 Å². The molecule has 1 aliphatic rings. The Morgan fingerprint density at radius 3 is 2.29 bits per heavy atom. The molecule has 0 saturated heterocycles. The predicted octanol–water partition coefficient (Wildman–Crippen LogP) is 3.61. The molecule has 102 valence electrons. The van der Waals surface area contributed by atoms with E-state index in [1.165, 1.54) is 25.7 Å². The van der Waals surface area contributed by atoms with E-state index in [4.69, 9.17) is 4.74 Å². The summed E-state index contributed by atoms with van der Waals surface area (Å²) in [5.74, 6) is 0.618. The summed E-state index contributed by atoms with van der Waals surface area (Å²) >= 11 is 0. The van der Waals surface area contributed by atoms with E-state index >= 15 is 0 Å². The Labute approximate surface area is 108 Å². The third-order valence-electron chi connectivity index (χ3n) is 3.78. The minimum atomic E-state index is 0.518. The normalized spacial score (nSPS) is 22.9. The molecule has 17 heavy (non-hydrogen) atoms. The Morgan fingerprint density at radius 2 is 1.76 bits per heavy atom. The zero-order valence-electron chi connectivity index (χ0n) is 12.4. The van der Waals surface area contributed by atoms with Gasteiger partial charge in [-0.2, -0.15) is 0 Å². The Bertz CT molecular complexity index is 203. The molecule has 2 nitrogen and oxygen atoms in total. The molecule has 0 amide bonds. The summed E-state index contributed by atoms with van der Waals surface area (Å²) in [5.41, 5.74) is 0.546. The molecule has 0 aromatic rings. The smallest absolute Gasteiger partial charge is 0.0575 e. The van der Waals surface area contributed by atoms with E-state index in [1.807, 2.05) is 0 Å². The van der Waals surface area contributed by atoms with Crippen molar-refractivity contribution in [1.82, 2.24) is 5.32 Å². The molecular formula is C15H31NO. The largest absolute Gasteiger partial charge is 0.378 e. The Balaban J connectivity index is 2.10. The molecule has 1 atom stereocenters. The molecule has 0 spiro atoms. The summed E-state index contributed by atoms with van der Waals surface area (Å²) in [6, 6.07) is 0.577. The van der Waals surface area contributed by atoms with Gasteiger partial charge in [0.15, 0.2) is 0 Å². The van der Waals surface area contributed by atoms with Crippen molar-refractivity contribution in [3.05, 3.63) is 0 Å². The van der Waals surface area contributed by atoms with Crippen molar-refractivity contribution in [3.63, 3.8) is 0 Å². The molecule has 1 fully saturated rings. The second-order valence-electron chi connectivity index (χ2n) is 6.87. The van der Waals surface area contributed by atoms with E-state index in [2.05, 4.69) is 39.9 Å². The van der Waals surface area contributed by atoms with Gasteiger partial charge in [0, 0.05) is 12.6 Å². The topological polar surface area (TPSA) is 21.3 Å². The fourth-order valence-electron chi connectivity index (χ4n) is 2.34. The summed E-state index contributed by atoms with van der Waals surface area (Å²) in [5, 5.41) is 3.47. The molecule has 1 unspecified atom stereocenters. The van der Waals surface area contributed by atoms with Gasteiger partial charge in [-0.25, -0.2) is 0 Å². The van der Waals surface area contributed by atoms with E-state index in [0.717, 1.165) is 13.2 Å². The van der Waals surface area contributed by atoms with Crippen LogP contribution in [0.2, 0.25) is 0 Å². The summed E-state index contributed by atoms with van der Waals surface area (Å²) < 4.78 is 6.03. The highest BCUT2D eigenvalue weighted by atomic mass is 16.5. The molecule has 0 bridgehead atoms. The maximum atomic E-state index is 6.03. The van der Waals surface area contributed by atoms with E-state index in [1.54, 1.807) is 0 Å². The summed E-state index contributed by atoms with van der Waals surface area (Å²) in [6.45, 7) is 13.4. The lowest BCUT2D eigenvalue weighted by Crippen LogP contribution is -2.32. The van der Waals surface area contributed by atoms with Crippen molar-refractivity contribution in [2.24, 2.45) is 11.3 Å². The van der Waals surface area contributed by atoms with Crippen LogP contribution < -0.4 is 5.32 Å². The second kappa shape index (κ2) is 6.75. The van der Waals surface area contributed by atoms with Crippen LogP contribution in [0.25, 0.3) is 0 Å². The molecule has 0 heterocycles. The minimum absolute atomic E-state index is 0.518. The van der Waals surface area contributed by atoms with Crippen LogP contribution in [0.4, 0.5) is 0 Å². The van der Waals surface area contributed by atoms with Crippen molar-refractivity contribution in [2.75, 3.05) is 13.2 Å². The van der Waals surface area contributed by atoms with Gasteiger partial charge in [-0.15, -0.1) is 0 Å². The molecular weight excluding hydrogens is 210 g/mol. The standard InChI is InChI=1S/C15H31NO/c1-12(2)16-10-13(3)11-17-14-6-8-15(4,5)9-7-14/h12-14,16H,6-11H2,1-5H3. The molecule has 0 aliphatic heterocycles. The minimum Gasteiger partial charge on any atom is -0.378 e. The molecule has 2 heteroatoms. The molecule has 0 radical (unpaired) electrons. The second-order valence-corrected chi connectivity index (χ2v) is 6.87. The molecule has 0 aromatic heterocycles. The Hall–Kier alpha value is -0.0800. The van der Waals surface area contributed by atoms with Gasteiger partial charge < -0.3 is 10.1 Å². The first kappa shape index (κ1) is 15.0. The zero-order valence-corrected chi connectivity index (χ0v) is 12.4. The van der Waals surface area contributed by atoms with Gasteiger partial charge in [-0.05, 0) is 37.0 Å². The van der Waals surface area contributed by atoms with Crippen molar-refractivity contribution in [1.29, 1.82) is 0 Å². The van der Waals surface area contributed by atoms with E-state index in [0.29, 0.717) is 23.5 Å². The van der Waals surface area contributed by atoms with E-state index in [-0.39, 0.29) is 0 Å². The van der Waals surface area contributed by atoms with Gasteiger partial charge in [0.25, 0.3) is 0 Å². The quantitative estimate of drug-likeness (QED) is 0.767. The molecule has 1 saturated carbocycles. The zero-order chi connectivity index (χ0) is 12.9. The predicted molar refractivity (Wildman–Crippen MR) is 74.3 cm³/mol. The average molecular weight is 241 g/mol. The van der Waals surface area contributed by atoms with Gasteiger partial charge >= 0.3 is 0 Å². The van der Waals surface area contributed by atoms with Gasteiger partial charge in [0.05, 0.1) is 12.7 Å². The third-order valence-corrected chi connectivity index (χ3v) is 3.78. The number of hydrogen-bond donors (Lipinski definition) is 1. The van der Waals surface area contributed by atoms with E-state index < -0.39 is 0 Å². The fourth-order valence-corrected chi connectivity index (χ4v) is 2.34. The van der Waals surface area contributed by atoms with Crippen LogP contribution in [0, 0.1) is 11.3 Å². The summed E-state index contributed by atoms with van der Waals surface area (Å²) in [6.07, 6.45) is 5.64. The average Bonchev–Trinajstić information content (AvgIpc) is 2.25. The van der Waals surface area contributed by atoms with Crippen LogP contribution in [-0.2, 0) is 4.74 Å². The molecule has 0 aromatic carbocycles. The molecule has 1 rings (SSSR count). The van der Waals surface area contributed by atoms with Gasteiger partial charge in [0.2, 0.25) is 0 Å². The van der Waals surface area contributed by atoms with Gasteiger partial charge in [0.1, 0.15) is 0 Å². The van der Waals surface area contributed by atoms with Crippen LogP contribution >= 0.6 is 0 Å². The summed E-state index contributed by atoms with van der Waals surface area (Å²) in [7, 11) is 0. The lowest BCUT2D eigenvalue weighted by molar-refractivity contribution is -0.00977. The van der Waals surface area contributed by atoms with Crippen LogP contribution in [0.15, 0.2) is 0 Å². The number of hydrogen-bond acceptors (Lipinski definition) is 2. The van der Waals surface area contributed by atoms with Crippen LogP contribution in [-0.4, -0.2) is 25.3 Å². The Morgan fingerprint density at radius 1 is 1.18 bits per heavy atom. The first-order chi connectivity index (χ1) is 7.89. The maximum absolute atomic E-state index is 6.03. The lowest BCUT2D eigenvalue weighted by atomic mass is 9.76. The number of rotatable bonds is 6. The lowest BCUT2D eigenvalue weighted by Gasteiger charge is -2.34. The fraction of sp³-hybridized carbons (Fsp3) is 1.00. The van der Waals surface area contributed by atoms with Crippen molar-refractivity contribution >= 4 is 0 Å². The summed E-state index contributed by atoms with van der Waals surface area (Å²) in [4.78, 5) is 0. The van der Waals surface area contributed by atoms with Crippen LogP contribution in [0.5, 0.6) is 0 Å². The highest BCUT2D eigenvalue weighted by molar-refractivity contribution is 4.79. The van der Waals surface area contributed by atoms with Crippen LogP contribution in [0.1, 0.15) is 60.3 Å². The highest BCUT2D eigenvalue weighted by Gasteiger charge is 2.27. The highest BCUT2D eigenvalue weighted by Crippen LogP contribution is 2.36. The van der Waals surface area contributed by atoms with Gasteiger partial charge in [-0.3, -0.25) is 0 Å². The molecule has 1 N–H and O–H groups in total. The monoisotopic (exact) mass is 241 g/mol. The maximum Gasteiger partial charge on any atom is 0.0575 e. The van der Waals surface area contributed by atoms with Gasteiger partial charge in [-0.1, -0.05) is 34.6 Å². The first-order valence-corrected chi connectivity index (χ1v) is 7.24. The van der Waals surface area contributed by atoms with Crippen molar-refractivity contribution in [3.8, 4) is 0 Å². The van der Waals surface area contributed by atoms with Crippen molar-refractivity contribution < 1.29 is 4.74 Å². The Kier molecular flexibility index (Phi) is 5.94. The SMILES string of the molecule is CC(CNC(C)C)COC1CCC(C)(C)CC1.